The summed E-state index contributed by atoms with van der Waals surface area (Å²) in [6.45, 7) is 0.375. The van der Waals surface area contributed by atoms with E-state index in [0.717, 1.165) is 5.56 Å². The van der Waals surface area contributed by atoms with E-state index in [1.54, 1.807) is 0 Å². The fourth-order valence-electron chi connectivity index (χ4n) is 1.73. The first kappa shape index (κ1) is 13.0. The van der Waals surface area contributed by atoms with E-state index in [1.807, 2.05) is 30.3 Å². The van der Waals surface area contributed by atoms with E-state index in [2.05, 4.69) is 10.7 Å². The summed E-state index contributed by atoms with van der Waals surface area (Å²) in [5.74, 6) is 4.29. The highest BCUT2D eigenvalue weighted by Gasteiger charge is 2.13. The molecule has 2 aromatic carbocycles. The SMILES string of the molecule is NNc1c(F)cccc1C(=O)NCc1ccccc1. The zero-order valence-corrected chi connectivity index (χ0v) is 10.2. The number of hydrazine groups is 1. The van der Waals surface area contributed by atoms with E-state index in [4.69, 9.17) is 5.84 Å². The molecule has 0 unspecified atom stereocenters. The van der Waals surface area contributed by atoms with E-state index in [1.165, 1.54) is 18.2 Å². The Balaban J connectivity index is 2.10. The summed E-state index contributed by atoms with van der Waals surface area (Å²) in [5, 5.41) is 2.72. The van der Waals surface area contributed by atoms with Gasteiger partial charge in [0.1, 0.15) is 5.82 Å². The minimum absolute atomic E-state index is 0.00642. The first-order valence-corrected chi connectivity index (χ1v) is 5.79. The summed E-state index contributed by atoms with van der Waals surface area (Å²) in [7, 11) is 0. The molecule has 98 valence electrons. The number of carbonyl (C=O) groups is 1. The van der Waals surface area contributed by atoms with Crippen LogP contribution < -0.4 is 16.6 Å². The van der Waals surface area contributed by atoms with Crippen molar-refractivity contribution in [2.75, 3.05) is 5.43 Å². The van der Waals surface area contributed by atoms with Gasteiger partial charge >= 0.3 is 0 Å². The lowest BCUT2D eigenvalue weighted by atomic mass is 10.1. The molecule has 2 rings (SSSR count). The van der Waals surface area contributed by atoms with E-state index >= 15 is 0 Å². The number of hydrogen-bond acceptors (Lipinski definition) is 3. The Bertz CT molecular complexity index is 572. The number of para-hydroxylation sites is 1. The molecule has 0 aromatic heterocycles. The Kier molecular flexibility index (Phi) is 4.10. The summed E-state index contributed by atoms with van der Waals surface area (Å²) in [6, 6.07) is 13.7. The van der Waals surface area contributed by atoms with Crippen LogP contribution in [0.2, 0.25) is 0 Å². The van der Waals surface area contributed by atoms with Gasteiger partial charge in [-0.3, -0.25) is 10.6 Å². The second kappa shape index (κ2) is 5.97. The van der Waals surface area contributed by atoms with Crippen molar-refractivity contribution in [3.8, 4) is 0 Å². The molecule has 0 spiro atoms. The molecule has 0 atom stereocenters. The first-order valence-electron chi connectivity index (χ1n) is 5.79. The Hall–Kier alpha value is -2.40. The van der Waals surface area contributed by atoms with Gasteiger partial charge in [-0.1, -0.05) is 36.4 Å². The Morgan fingerprint density at radius 1 is 1.11 bits per heavy atom. The maximum Gasteiger partial charge on any atom is 0.253 e. The lowest BCUT2D eigenvalue weighted by Crippen LogP contribution is -2.25. The molecule has 0 aliphatic heterocycles. The van der Waals surface area contributed by atoms with Gasteiger partial charge in [0, 0.05) is 6.54 Å². The molecule has 1 amide bonds. The van der Waals surface area contributed by atoms with Crippen LogP contribution in [0.4, 0.5) is 10.1 Å². The lowest BCUT2D eigenvalue weighted by molar-refractivity contribution is 0.0951. The van der Waals surface area contributed by atoms with Gasteiger partial charge in [0.15, 0.2) is 0 Å². The predicted octanol–water partition coefficient (Wildman–Crippen LogP) is 2.04. The topological polar surface area (TPSA) is 67.1 Å². The fraction of sp³-hybridized carbons (Fsp3) is 0.0714. The summed E-state index contributed by atoms with van der Waals surface area (Å²) >= 11 is 0. The minimum atomic E-state index is -0.560. The molecule has 2 aromatic rings. The largest absolute Gasteiger partial charge is 0.348 e. The molecule has 0 fully saturated rings. The molecule has 4 N–H and O–H groups in total. The number of nitrogen functional groups attached to an aromatic ring is 1. The monoisotopic (exact) mass is 259 g/mol. The summed E-state index contributed by atoms with van der Waals surface area (Å²) in [6.07, 6.45) is 0. The van der Waals surface area contributed by atoms with E-state index in [0.29, 0.717) is 6.54 Å². The van der Waals surface area contributed by atoms with E-state index in [-0.39, 0.29) is 17.2 Å². The molecule has 0 saturated carbocycles. The zero-order valence-electron chi connectivity index (χ0n) is 10.2. The third-order valence-corrected chi connectivity index (χ3v) is 2.70. The van der Waals surface area contributed by atoms with Crippen molar-refractivity contribution in [1.29, 1.82) is 0 Å². The maximum atomic E-state index is 13.5. The van der Waals surface area contributed by atoms with Crippen LogP contribution in [0, 0.1) is 5.82 Å². The minimum Gasteiger partial charge on any atom is -0.348 e. The molecule has 19 heavy (non-hydrogen) atoms. The molecule has 4 nitrogen and oxygen atoms in total. The number of hydrogen-bond donors (Lipinski definition) is 3. The van der Waals surface area contributed by atoms with Crippen molar-refractivity contribution in [3.05, 3.63) is 65.5 Å². The van der Waals surface area contributed by atoms with Crippen molar-refractivity contribution < 1.29 is 9.18 Å². The van der Waals surface area contributed by atoms with Crippen LogP contribution in [-0.2, 0) is 6.54 Å². The van der Waals surface area contributed by atoms with Crippen LogP contribution in [0.5, 0.6) is 0 Å². The Labute approximate surface area is 110 Å². The third-order valence-electron chi connectivity index (χ3n) is 2.70. The highest BCUT2D eigenvalue weighted by Crippen LogP contribution is 2.18. The highest BCUT2D eigenvalue weighted by atomic mass is 19.1. The molecule has 0 aliphatic carbocycles. The van der Waals surface area contributed by atoms with Gasteiger partial charge in [-0.2, -0.15) is 0 Å². The molecular weight excluding hydrogens is 245 g/mol. The van der Waals surface area contributed by atoms with Crippen LogP contribution >= 0.6 is 0 Å². The lowest BCUT2D eigenvalue weighted by Gasteiger charge is -2.10. The van der Waals surface area contributed by atoms with Crippen molar-refractivity contribution >= 4 is 11.6 Å². The smallest absolute Gasteiger partial charge is 0.253 e. The van der Waals surface area contributed by atoms with Crippen LogP contribution in [0.3, 0.4) is 0 Å². The average Bonchev–Trinajstić information content (AvgIpc) is 2.45. The van der Waals surface area contributed by atoms with Crippen molar-refractivity contribution in [2.45, 2.75) is 6.54 Å². The molecule has 0 aliphatic rings. The number of amides is 1. The number of nitrogens with one attached hydrogen (secondary N) is 2. The van der Waals surface area contributed by atoms with E-state index in [9.17, 15) is 9.18 Å². The number of anilines is 1. The number of benzene rings is 2. The average molecular weight is 259 g/mol. The Morgan fingerprint density at radius 3 is 2.53 bits per heavy atom. The number of halogens is 1. The van der Waals surface area contributed by atoms with Gasteiger partial charge in [0.25, 0.3) is 5.91 Å². The van der Waals surface area contributed by atoms with Crippen molar-refractivity contribution in [3.63, 3.8) is 0 Å². The van der Waals surface area contributed by atoms with Gasteiger partial charge in [0.2, 0.25) is 0 Å². The van der Waals surface area contributed by atoms with Crippen molar-refractivity contribution in [1.82, 2.24) is 5.32 Å². The number of carbonyl (C=O) groups excluding carboxylic acids is 1. The number of rotatable bonds is 4. The summed E-state index contributed by atoms with van der Waals surface area (Å²) < 4.78 is 13.5. The van der Waals surface area contributed by atoms with Crippen LogP contribution in [-0.4, -0.2) is 5.91 Å². The molecule has 0 bridgehead atoms. The van der Waals surface area contributed by atoms with Gasteiger partial charge in [-0.15, -0.1) is 0 Å². The van der Waals surface area contributed by atoms with Crippen LogP contribution in [0.1, 0.15) is 15.9 Å². The van der Waals surface area contributed by atoms with Gasteiger partial charge in [-0.05, 0) is 17.7 Å². The maximum absolute atomic E-state index is 13.5. The summed E-state index contributed by atoms with van der Waals surface area (Å²) in [4.78, 5) is 12.0. The second-order valence-corrected chi connectivity index (χ2v) is 3.98. The van der Waals surface area contributed by atoms with Crippen LogP contribution in [0.15, 0.2) is 48.5 Å². The molecule has 5 heteroatoms. The quantitative estimate of drug-likeness (QED) is 0.581. The fourth-order valence-corrected chi connectivity index (χ4v) is 1.73. The zero-order chi connectivity index (χ0) is 13.7. The first-order chi connectivity index (χ1) is 9.22. The van der Waals surface area contributed by atoms with Gasteiger partial charge in [0.05, 0.1) is 11.3 Å². The number of nitrogens with two attached hydrogens (primary N) is 1. The van der Waals surface area contributed by atoms with E-state index < -0.39 is 5.82 Å². The van der Waals surface area contributed by atoms with Crippen LogP contribution in [0.25, 0.3) is 0 Å². The molecule has 0 radical (unpaired) electrons. The molecular formula is C14H14FN3O. The van der Waals surface area contributed by atoms with Crippen molar-refractivity contribution in [2.24, 2.45) is 5.84 Å². The standard InChI is InChI=1S/C14H14FN3O/c15-12-8-4-7-11(13(12)18-16)14(19)17-9-10-5-2-1-3-6-10/h1-8,18H,9,16H2,(H,17,19). The molecule has 0 heterocycles. The summed E-state index contributed by atoms with van der Waals surface area (Å²) in [5.41, 5.74) is 3.35. The predicted molar refractivity (Wildman–Crippen MR) is 71.8 cm³/mol. The highest BCUT2D eigenvalue weighted by molar-refractivity contribution is 5.99. The van der Waals surface area contributed by atoms with Gasteiger partial charge < -0.3 is 10.7 Å². The molecule has 0 saturated heterocycles. The normalized spacial score (nSPS) is 10.0. The third kappa shape index (κ3) is 3.08. The second-order valence-electron chi connectivity index (χ2n) is 3.98. The van der Waals surface area contributed by atoms with Gasteiger partial charge in [-0.25, -0.2) is 4.39 Å². The Morgan fingerprint density at radius 2 is 1.84 bits per heavy atom.